The van der Waals surface area contributed by atoms with Gasteiger partial charge in [-0.3, -0.25) is 0 Å². The molecule has 0 N–H and O–H groups in total. The molecule has 0 saturated carbocycles. The minimum Gasteiger partial charge on any atom is -0.218 e. The topological polar surface area (TPSA) is 34.1 Å². The van der Waals surface area contributed by atoms with E-state index in [1.165, 1.54) is 41.6 Å². The Hall–Kier alpha value is -3.45. The van der Waals surface area contributed by atoms with E-state index in [4.69, 9.17) is 11.6 Å². The van der Waals surface area contributed by atoms with E-state index >= 15 is 0 Å². The summed E-state index contributed by atoms with van der Waals surface area (Å²) in [4.78, 5) is 1.67. The SMILES string of the molecule is O=S(=O)(c1ccc(F)cc1)c1ccc(F)cc1-c1ccc(Sc2ccc(Cc3ccccc3)cc2Cl)cc1. The van der Waals surface area contributed by atoms with Gasteiger partial charge in [-0.2, -0.15) is 0 Å². The summed E-state index contributed by atoms with van der Waals surface area (Å²) < 4.78 is 54.1. The predicted octanol–water partition coefficient (Wildman–Crippen LogP) is 8.86. The zero-order chi connectivity index (χ0) is 26.7. The van der Waals surface area contributed by atoms with Crippen LogP contribution in [0.5, 0.6) is 0 Å². The second-order valence-corrected chi connectivity index (χ2v) is 12.1. The lowest BCUT2D eigenvalue weighted by Gasteiger charge is -2.12. The molecule has 0 aliphatic carbocycles. The van der Waals surface area contributed by atoms with Crippen molar-refractivity contribution in [3.63, 3.8) is 0 Å². The Morgan fingerprint density at radius 2 is 1.37 bits per heavy atom. The van der Waals surface area contributed by atoms with Gasteiger partial charge in [0.15, 0.2) is 0 Å². The number of hydrogen-bond acceptors (Lipinski definition) is 3. The van der Waals surface area contributed by atoms with E-state index in [9.17, 15) is 17.2 Å². The van der Waals surface area contributed by atoms with Crippen molar-refractivity contribution in [3.8, 4) is 11.1 Å². The highest BCUT2D eigenvalue weighted by molar-refractivity contribution is 7.99. The third kappa shape index (κ3) is 5.83. The summed E-state index contributed by atoms with van der Waals surface area (Å²) in [5, 5.41) is 0.644. The molecule has 7 heteroatoms. The highest BCUT2D eigenvalue weighted by Crippen LogP contribution is 2.37. The van der Waals surface area contributed by atoms with E-state index in [-0.39, 0.29) is 15.4 Å². The van der Waals surface area contributed by atoms with Crippen molar-refractivity contribution < 1.29 is 17.2 Å². The Morgan fingerprint density at radius 3 is 2.05 bits per heavy atom. The zero-order valence-electron chi connectivity index (χ0n) is 19.9. The van der Waals surface area contributed by atoms with Crippen molar-refractivity contribution in [1.29, 1.82) is 0 Å². The fourth-order valence-corrected chi connectivity index (χ4v) is 6.70. The molecule has 0 spiro atoms. The van der Waals surface area contributed by atoms with Crippen LogP contribution in [-0.2, 0) is 16.3 Å². The summed E-state index contributed by atoms with van der Waals surface area (Å²) in [6.07, 6.45) is 0.789. The van der Waals surface area contributed by atoms with Gasteiger partial charge >= 0.3 is 0 Å². The van der Waals surface area contributed by atoms with Gasteiger partial charge in [0.2, 0.25) is 9.84 Å². The van der Waals surface area contributed by atoms with Crippen LogP contribution in [0.4, 0.5) is 8.78 Å². The van der Waals surface area contributed by atoms with Crippen LogP contribution in [0.1, 0.15) is 11.1 Å². The molecule has 0 aromatic heterocycles. The maximum Gasteiger partial charge on any atom is 0.207 e. The predicted molar refractivity (Wildman–Crippen MR) is 149 cm³/mol. The largest absolute Gasteiger partial charge is 0.218 e. The van der Waals surface area contributed by atoms with E-state index in [1.54, 1.807) is 12.1 Å². The smallest absolute Gasteiger partial charge is 0.207 e. The molecule has 0 amide bonds. The minimum atomic E-state index is -4.00. The molecule has 0 aliphatic rings. The summed E-state index contributed by atoms with van der Waals surface area (Å²) in [6, 6.07) is 31.4. The minimum absolute atomic E-state index is 0.0528. The van der Waals surface area contributed by atoms with Gasteiger partial charge in [-0.15, -0.1) is 0 Å². The van der Waals surface area contributed by atoms with Gasteiger partial charge in [-0.05, 0) is 89.8 Å². The molecule has 0 fully saturated rings. The number of rotatable bonds is 7. The van der Waals surface area contributed by atoms with E-state index in [1.807, 2.05) is 42.5 Å². The number of sulfone groups is 1. The molecule has 0 aliphatic heterocycles. The van der Waals surface area contributed by atoms with E-state index in [0.717, 1.165) is 40.0 Å². The summed E-state index contributed by atoms with van der Waals surface area (Å²) in [5.41, 5.74) is 3.09. The maximum absolute atomic E-state index is 14.2. The third-order valence-corrected chi connectivity index (χ3v) is 9.33. The van der Waals surface area contributed by atoms with Crippen LogP contribution in [0.15, 0.2) is 135 Å². The molecule has 0 saturated heterocycles. The van der Waals surface area contributed by atoms with Gasteiger partial charge < -0.3 is 0 Å². The van der Waals surface area contributed by atoms with Gasteiger partial charge in [0.1, 0.15) is 11.6 Å². The van der Waals surface area contributed by atoms with Crippen molar-refractivity contribution in [3.05, 3.63) is 143 Å². The Labute approximate surface area is 229 Å². The van der Waals surface area contributed by atoms with Crippen molar-refractivity contribution in [2.45, 2.75) is 26.0 Å². The molecule has 0 bridgehead atoms. The first kappa shape index (κ1) is 26.2. The summed E-state index contributed by atoms with van der Waals surface area (Å²) in [5.74, 6) is -1.10. The van der Waals surface area contributed by atoms with Crippen molar-refractivity contribution >= 4 is 33.2 Å². The van der Waals surface area contributed by atoms with Crippen LogP contribution in [0.25, 0.3) is 11.1 Å². The lowest BCUT2D eigenvalue weighted by molar-refractivity contribution is 0.594. The Balaban J connectivity index is 1.39. The molecule has 5 rings (SSSR count). The molecule has 190 valence electrons. The van der Waals surface area contributed by atoms with Gasteiger partial charge in [-0.25, -0.2) is 17.2 Å². The Kier molecular flexibility index (Phi) is 7.65. The normalized spacial score (nSPS) is 11.4. The summed E-state index contributed by atoms with van der Waals surface area (Å²) in [7, 11) is -4.00. The molecular weight excluding hydrogens is 542 g/mol. The summed E-state index contributed by atoms with van der Waals surface area (Å²) >= 11 is 8.06. The highest BCUT2D eigenvalue weighted by atomic mass is 35.5. The van der Waals surface area contributed by atoms with Gasteiger partial charge in [0.25, 0.3) is 0 Å². The fraction of sp³-hybridized carbons (Fsp3) is 0.0323. The Morgan fingerprint density at radius 1 is 0.684 bits per heavy atom. The van der Waals surface area contributed by atoms with Gasteiger partial charge in [0, 0.05) is 15.4 Å². The number of halogens is 3. The van der Waals surface area contributed by atoms with Gasteiger partial charge in [-0.1, -0.05) is 71.9 Å². The third-order valence-electron chi connectivity index (χ3n) is 6.00. The van der Waals surface area contributed by atoms with Crippen molar-refractivity contribution in [2.75, 3.05) is 0 Å². The first-order chi connectivity index (χ1) is 18.3. The molecule has 5 aromatic rings. The monoisotopic (exact) mass is 562 g/mol. The van der Waals surface area contributed by atoms with Crippen molar-refractivity contribution in [1.82, 2.24) is 0 Å². The average molecular weight is 563 g/mol. The average Bonchev–Trinajstić information content (AvgIpc) is 2.91. The molecule has 0 atom stereocenters. The first-order valence-electron chi connectivity index (χ1n) is 11.7. The maximum atomic E-state index is 14.2. The molecule has 0 radical (unpaired) electrons. The zero-order valence-corrected chi connectivity index (χ0v) is 22.3. The highest BCUT2D eigenvalue weighted by Gasteiger charge is 2.23. The Bertz CT molecular complexity index is 1690. The molecule has 2 nitrogen and oxygen atoms in total. The van der Waals surface area contributed by atoms with Crippen LogP contribution >= 0.6 is 23.4 Å². The van der Waals surface area contributed by atoms with Crippen LogP contribution in [0.2, 0.25) is 5.02 Å². The van der Waals surface area contributed by atoms with E-state index in [2.05, 4.69) is 18.2 Å². The molecule has 0 unspecified atom stereocenters. The van der Waals surface area contributed by atoms with Gasteiger partial charge in [0.05, 0.1) is 14.8 Å². The number of benzene rings is 5. The standard InChI is InChI=1S/C31H21ClF2O2S2/c32-29-19-22(18-21-4-2-1-3-5-21)6-16-30(29)37-26-12-7-23(8-13-26)28-20-25(34)11-17-31(28)38(35,36)27-14-9-24(33)10-15-27/h1-17,19-20H,18H2. The second-order valence-electron chi connectivity index (χ2n) is 8.65. The first-order valence-corrected chi connectivity index (χ1v) is 14.4. The van der Waals surface area contributed by atoms with Crippen LogP contribution < -0.4 is 0 Å². The molecular formula is C31H21ClF2O2S2. The summed E-state index contributed by atoms with van der Waals surface area (Å²) in [6.45, 7) is 0. The fourth-order valence-electron chi connectivity index (χ4n) is 4.10. The second kappa shape index (κ2) is 11.1. The molecule has 5 aromatic carbocycles. The van der Waals surface area contributed by atoms with Crippen LogP contribution in [0, 0.1) is 11.6 Å². The van der Waals surface area contributed by atoms with Crippen LogP contribution in [0.3, 0.4) is 0 Å². The molecule has 38 heavy (non-hydrogen) atoms. The number of hydrogen-bond donors (Lipinski definition) is 0. The van der Waals surface area contributed by atoms with E-state index in [0.29, 0.717) is 10.6 Å². The lowest BCUT2D eigenvalue weighted by atomic mass is 10.1. The van der Waals surface area contributed by atoms with Crippen molar-refractivity contribution in [2.24, 2.45) is 0 Å². The quantitative estimate of drug-likeness (QED) is 0.186. The van der Waals surface area contributed by atoms with E-state index < -0.39 is 21.5 Å². The van der Waals surface area contributed by atoms with Crippen LogP contribution in [-0.4, -0.2) is 8.42 Å². The lowest BCUT2D eigenvalue weighted by Crippen LogP contribution is -2.04. The molecule has 0 heterocycles.